The van der Waals surface area contributed by atoms with Crippen molar-refractivity contribution in [3.05, 3.63) is 35.3 Å². The van der Waals surface area contributed by atoms with Gasteiger partial charge in [-0.25, -0.2) is 22.9 Å². The zero-order valence-corrected chi connectivity index (χ0v) is 12.6. The van der Waals surface area contributed by atoms with Crippen LogP contribution in [0.1, 0.15) is 27.7 Å². The number of aromatic amines is 1. The Morgan fingerprint density at radius 1 is 1.43 bits per heavy atom. The third-order valence-corrected chi connectivity index (χ3v) is 4.40. The highest BCUT2D eigenvalue weighted by atomic mass is 32.2. The Hall–Kier alpha value is -2.13. The maximum absolute atomic E-state index is 12.4. The lowest BCUT2D eigenvalue weighted by molar-refractivity contribution is 0.0595. The van der Waals surface area contributed by atoms with Gasteiger partial charge in [-0.2, -0.15) is 0 Å². The van der Waals surface area contributed by atoms with Crippen molar-refractivity contribution >= 4 is 16.0 Å². The van der Waals surface area contributed by atoms with E-state index in [1.807, 2.05) is 0 Å². The maximum atomic E-state index is 12.4. The van der Waals surface area contributed by atoms with E-state index in [-0.39, 0.29) is 28.5 Å². The normalized spacial score (nSPS) is 11.6. The van der Waals surface area contributed by atoms with Crippen LogP contribution in [0.4, 0.5) is 0 Å². The molecule has 8 nitrogen and oxygen atoms in total. The minimum atomic E-state index is -3.94. The molecule has 0 unspecified atom stereocenters. The Kier molecular flexibility index (Phi) is 4.14. The molecule has 0 fully saturated rings. The van der Waals surface area contributed by atoms with Gasteiger partial charge in [0.05, 0.1) is 13.7 Å². The van der Waals surface area contributed by atoms with Crippen LogP contribution in [-0.2, 0) is 21.3 Å². The summed E-state index contributed by atoms with van der Waals surface area (Å²) < 4.78 is 37.0. The first-order valence-electron chi connectivity index (χ1n) is 6.03. The fourth-order valence-electron chi connectivity index (χ4n) is 1.96. The van der Waals surface area contributed by atoms with Crippen molar-refractivity contribution in [2.24, 2.45) is 0 Å². The minimum Gasteiger partial charge on any atom is -0.465 e. The number of ether oxygens (including phenoxy) is 1. The average Bonchev–Trinajstić information content (AvgIpc) is 3.03. The number of imidazole rings is 1. The average molecular weight is 313 g/mol. The number of hydrogen-bond acceptors (Lipinski definition) is 6. The molecule has 0 saturated heterocycles. The van der Waals surface area contributed by atoms with Crippen LogP contribution in [0.2, 0.25) is 0 Å². The van der Waals surface area contributed by atoms with E-state index < -0.39 is 16.0 Å². The number of nitrogens with one attached hydrogen (secondary N) is 2. The second-order valence-corrected chi connectivity index (χ2v) is 5.97. The van der Waals surface area contributed by atoms with E-state index in [1.165, 1.54) is 27.2 Å². The standard InChI is InChI=1S/C12H15N3O5S/c1-7-10(12(16)19-3)11(8(2)20-7)21(17,18)15-6-9-13-4-5-14-9/h4-5,15H,6H2,1-3H3,(H,13,14). The van der Waals surface area contributed by atoms with Crippen LogP contribution >= 0.6 is 0 Å². The minimum absolute atomic E-state index is 0.0282. The van der Waals surface area contributed by atoms with E-state index >= 15 is 0 Å². The Morgan fingerprint density at radius 2 is 2.14 bits per heavy atom. The Labute approximate surface area is 121 Å². The lowest BCUT2D eigenvalue weighted by Gasteiger charge is -2.06. The first-order valence-corrected chi connectivity index (χ1v) is 7.51. The van der Waals surface area contributed by atoms with Gasteiger partial charge in [-0.3, -0.25) is 0 Å². The van der Waals surface area contributed by atoms with E-state index in [9.17, 15) is 13.2 Å². The lowest BCUT2D eigenvalue weighted by atomic mass is 10.2. The molecule has 0 amide bonds. The number of rotatable bonds is 5. The van der Waals surface area contributed by atoms with Crippen LogP contribution < -0.4 is 4.72 Å². The zero-order valence-electron chi connectivity index (χ0n) is 11.8. The van der Waals surface area contributed by atoms with Gasteiger partial charge >= 0.3 is 5.97 Å². The molecule has 21 heavy (non-hydrogen) atoms. The van der Waals surface area contributed by atoms with E-state index in [0.717, 1.165) is 0 Å². The highest BCUT2D eigenvalue weighted by molar-refractivity contribution is 7.89. The topological polar surface area (TPSA) is 114 Å². The molecule has 0 atom stereocenters. The summed E-state index contributed by atoms with van der Waals surface area (Å²) in [5.41, 5.74) is -0.0954. The predicted molar refractivity (Wildman–Crippen MR) is 72.1 cm³/mol. The number of carbonyl (C=O) groups is 1. The molecular formula is C12H15N3O5S. The number of sulfonamides is 1. The zero-order chi connectivity index (χ0) is 15.6. The molecule has 0 bridgehead atoms. The van der Waals surface area contributed by atoms with Gasteiger partial charge in [0.15, 0.2) is 0 Å². The molecule has 2 aromatic heterocycles. The van der Waals surface area contributed by atoms with Crippen molar-refractivity contribution in [2.45, 2.75) is 25.3 Å². The molecule has 0 radical (unpaired) electrons. The highest BCUT2D eigenvalue weighted by Gasteiger charge is 2.31. The molecule has 2 N–H and O–H groups in total. The number of aryl methyl sites for hydroxylation is 2. The molecule has 2 heterocycles. The largest absolute Gasteiger partial charge is 0.465 e. The van der Waals surface area contributed by atoms with E-state index in [1.54, 1.807) is 6.20 Å². The van der Waals surface area contributed by atoms with Crippen molar-refractivity contribution in [3.8, 4) is 0 Å². The summed E-state index contributed by atoms with van der Waals surface area (Å²) in [6.07, 6.45) is 3.09. The first kappa shape index (κ1) is 15.3. The second kappa shape index (κ2) is 5.70. The molecule has 2 aromatic rings. The Morgan fingerprint density at radius 3 is 2.71 bits per heavy atom. The summed E-state index contributed by atoms with van der Waals surface area (Å²) in [4.78, 5) is 18.2. The van der Waals surface area contributed by atoms with Gasteiger partial charge in [0.2, 0.25) is 10.0 Å². The molecule has 0 aliphatic carbocycles. The number of methoxy groups -OCH3 is 1. The van der Waals surface area contributed by atoms with Gasteiger partial charge in [-0.15, -0.1) is 0 Å². The van der Waals surface area contributed by atoms with Gasteiger partial charge in [-0.1, -0.05) is 0 Å². The van der Waals surface area contributed by atoms with Gasteiger partial charge in [0.25, 0.3) is 0 Å². The van der Waals surface area contributed by atoms with Crippen LogP contribution in [0, 0.1) is 13.8 Å². The molecular weight excluding hydrogens is 298 g/mol. The highest BCUT2D eigenvalue weighted by Crippen LogP contribution is 2.27. The quantitative estimate of drug-likeness (QED) is 0.792. The van der Waals surface area contributed by atoms with Gasteiger partial charge in [0, 0.05) is 12.4 Å². The molecule has 2 rings (SSSR count). The smallest absolute Gasteiger partial charge is 0.342 e. The molecule has 0 aromatic carbocycles. The van der Waals surface area contributed by atoms with Crippen LogP contribution in [0.15, 0.2) is 21.7 Å². The molecule has 9 heteroatoms. The molecule has 0 aliphatic rings. The summed E-state index contributed by atoms with van der Waals surface area (Å²) >= 11 is 0. The van der Waals surface area contributed by atoms with Crippen molar-refractivity contribution < 1.29 is 22.4 Å². The number of furan rings is 1. The molecule has 0 saturated carbocycles. The van der Waals surface area contributed by atoms with Crippen LogP contribution in [0.25, 0.3) is 0 Å². The SMILES string of the molecule is COC(=O)c1c(C)oc(C)c1S(=O)(=O)NCc1ncc[nH]1. The fraction of sp³-hybridized carbons (Fsp3) is 0.333. The van der Waals surface area contributed by atoms with Crippen molar-refractivity contribution in [1.29, 1.82) is 0 Å². The fourth-order valence-corrected chi connectivity index (χ4v) is 3.34. The molecule has 0 spiro atoms. The summed E-state index contributed by atoms with van der Waals surface area (Å²) in [7, 11) is -2.76. The van der Waals surface area contributed by atoms with Crippen LogP contribution in [0.5, 0.6) is 0 Å². The van der Waals surface area contributed by atoms with E-state index in [0.29, 0.717) is 5.82 Å². The summed E-state index contributed by atoms with van der Waals surface area (Å²) in [5, 5.41) is 0. The Bertz CT molecular complexity index is 746. The van der Waals surface area contributed by atoms with Gasteiger partial charge in [-0.05, 0) is 13.8 Å². The second-order valence-electron chi connectivity index (χ2n) is 4.27. The van der Waals surface area contributed by atoms with Crippen LogP contribution in [0.3, 0.4) is 0 Å². The third kappa shape index (κ3) is 2.98. The van der Waals surface area contributed by atoms with Crippen molar-refractivity contribution in [2.75, 3.05) is 7.11 Å². The lowest BCUT2D eigenvalue weighted by Crippen LogP contribution is -2.26. The summed E-state index contributed by atoms with van der Waals surface area (Å²) in [6, 6.07) is 0. The molecule has 114 valence electrons. The third-order valence-electron chi connectivity index (χ3n) is 2.85. The maximum Gasteiger partial charge on any atom is 0.342 e. The number of esters is 1. The summed E-state index contributed by atoms with van der Waals surface area (Å²) in [6.45, 7) is 2.95. The Balaban J connectivity index is 2.37. The van der Waals surface area contributed by atoms with E-state index in [2.05, 4.69) is 19.4 Å². The van der Waals surface area contributed by atoms with E-state index in [4.69, 9.17) is 4.42 Å². The van der Waals surface area contributed by atoms with Crippen LogP contribution in [-0.4, -0.2) is 31.5 Å². The summed E-state index contributed by atoms with van der Waals surface area (Å²) in [5.74, 6) is 0.0105. The number of nitrogens with zero attached hydrogens (tertiary/aromatic N) is 1. The first-order chi connectivity index (χ1) is 9.86. The number of hydrogen-bond donors (Lipinski definition) is 2. The van der Waals surface area contributed by atoms with Gasteiger partial charge < -0.3 is 14.1 Å². The van der Waals surface area contributed by atoms with Crippen molar-refractivity contribution in [1.82, 2.24) is 14.7 Å². The number of carbonyl (C=O) groups excluding carboxylic acids is 1. The van der Waals surface area contributed by atoms with Crippen molar-refractivity contribution in [3.63, 3.8) is 0 Å². The van der Waals surface area contributed by atoms with Gasteiger partial charge in [0.1, 0.15) is 27.8 Å². The monoisotopic (exact) mass is 313 g/mol. The predicted octanol–water partition coefficient (Wildman–Crippen LogP) is 0.885. The molecule has 0 aliphatic heterocycles. The number of H-pyrrole nitrogens is 1. The number of aromatic nitrogens is 2.